The number of likely N-dealkylation sites (N-methyl/N-ethyl adjacent to an activating group) is 1. The van der Waals surface area contributed by atoms with Crippen LogP contribution in [0, 0.1) is 6.92 Å². The summed E-state index contributed by atoms with van der Waals surface area (Å²) < 4.78 is 5.47. The minimum absolute atomic E-state index is 0.332. The standard InChI is InChI=1S/C13H18N4OS2/c1-3-14-11-7-19-6-10(11)13-16-12(17-18-13)4-9-5-20-8(2)15-9/h5,10-11,14H,3-4,6-7H2,1-2H3. The quantitative estimate of drug-likeness (QED) is 0.914. The number of nitrogens with one attached hydrogen (secondary N) is 1. The molecule has 20 heavy (non-hydrogen) atoms. The van der Waals surface area contributed by atoms with Gasteiger partial charge < -0.3 is 9.84 Å². The van der Waals surface area contributed by atoms with Gasteiger partial charge in [-0.1, -0.05) is 12.1 Å². The van der Waals surface area contributed by atoms with Gasteiger partial charge in [0, 0.05) is 22.9 Å². The van der Waals surface area contributed by atoms with Crippen molar-refractivity contribution in [1.82, 2.24) is 20.4 Å². The highest BCUT2D eigenvalue weighted by Crippen LogP contribution is 2.32. The molecule has 1 saturated heterocycles. The maximum Gasteiger partial charge on any atom is 0.232 e. The lowest BCUT2D eigenvalue weighted by Gasteiger charge is -2.15. The maximum atomic E-state index is 5.47. The van der Waals surface area contributed by atoms with Crippen molar-refractivity contribution in [2.24, 2.45) is 0 Å². The summed E-state index contributed by atoms with van der Waals surface area (Å²) >= 11 is 3.59. The van der Waals surface area contributed by atoms with E-state index in [2.05, 4.69) is 32.7 Å². The summed E-state index contributed by atoms with van der Waals surface area (Å²) in [5.74, 6) is 4.00. The molecule has 2 aromatic heterocycles. The van der Waals surface area contributed by atoms with Crippen LogP contribution in [0.15, 0.2) is 9.90 Å². The largest absolute Gasteiger partial charge is 0.339 e. The van der Waals surface area contributed by atoms with E-state index >= 15 is 0 Å². The Morgan fingerprint density at radius 3 is 3.05 bits per heavy atom. The predicted molar refractivity (Wildman–Crippen MR) is 81.5 cm³/mol. The average Bonchev–Trinajstić information content (AvgIpc) is 3.12. The molecule has 5 nitrogen and oxygen atoms in total. The third-order valence-electron chi connectivity index (χ3n) is 3.35. The molecule has 0 aromatic carbocycles. The van der Waals surface area contributed by atoms with E-state index in [1.165, 1.54) is 0 Å². The number of thiazole rings is 1. The fourth-order valence-corrected chi connectivity index (χ4v) is 4.38. The topological polar surface area (TPSA) is 63.8 Å². The van der Waals surface area contributed by atoms with Crippen molar-refractivity contribution in [3.05, 3.63) is 27.8 Å². The van der Waals surface area contributed by atoms with E-state index in [0.29, 0.717) is 18.4 Å². The van der Waals surface area contributed by atoms with Gasteiger partial charge >= 0.3 is 0 Å². The molecule has 0 spiro atoms. The van der Waals surface area contributed by atoms with Gasteiger partial charge in [-0.15, -0.1) is 11.3 Å². The van der Waals surface area contributed by atoms with Gasteiger partial charge in [-0.25, -0.2) is 4.98 Å². The predicted octanol–water partition coefficient (Wildman–Crippen LogP) is 2.23. The van der Waals surface area contributed by atoms with Crippen LogP contribution in [0.2, 0.25) is 0 Å². The molecule has 1 aliphatic heterocycles. The summed E-state index contributed by atoms with van der Waals surface area (Å²) in [4.78, 5) is 9.00. The van der Waals surface area contributed by atoms with Gasteiger partial charge in [-0.2, -0.15) is 16.7 Å². The van der Waals surface area contributed by atoms with Gasteiger partial charge in [0.15, 0.2) is 5.82 Å². The van der Waals surface area contributed by atoms with Crippen LogP contribution < -0.4 is 5.32 Å². The number of rotatable bonds is 5. The lowest BCUT2D eigenvalue weighted by Crippen LogP contribution is -2.34. The Bertz CT molecular complexity index is 568. The molecule has 1 N–H and O–H groups in total. The first kappa shape index (κ1) is 14.0. The van der Waals surface area contributed by atoms with Crippen LogP contribution in [-0.2, 0) is 6.42 Å². The molecular formula is C13H18N4OS2. The van der Waals surface area contributed by atoms with E-state index in [-0.39, 0.29) is 0 Å². The van der Waals surface area contributed by atoms with E-state index in [0.717, 1.165) is 40.5 Å². The van der Waals surface area contributed by atoms with Crippen molar-refractivity contribution in [3.63, 3.8) is 0 Å². The van der Waals surface area contributed by atoms with Crippen LogP contribution in [0.4, 0.5) is 0 Å². The molecule has 0 amide bonds. The molecule has 1 aliphatic rings. The van der Waals surface area contributed by atoms with E-state index in [9.17, 15) is 0 Å². The highest BCUT2D eigenvalue weighted by molar-refractivity contribution is 7.99. The first-order chi connectivity index (χ1) is 9.76. The SMILES string of the molecule is CCNC1CSCC1c1nc(Cc2csc(C)n2)no1. The molecule has 0 aliphatic carbocycles. The summed E-state index contributed by atoms with van der Waals surface area (Å²) in [7, 11) is 0. The van der Waals surface area contributed by atoms with Crippen molar-refractivity contribution in [1.29, 1.82) is 0 Å². The van der Waals surface area contributed by atoms with Crippen LogP contribution in [0.5, 0.6) is 0 Å². The molecule has 7 heteroatoms. The summed E-state index contributed by atoms with van der Waals surface area (Å²) in [5, 5.41) is 10.7. The third kappa shape index (κ3) is 3.05. The Labute approximate surface area is 126 Å². The fourth-order valence-electron chi connectivity index (χ4n) is 2.40. The Kier molecular flexibility index (Phi) is 4.38. The Morgan fingerprint density at radius 1 is 1.40 bits per heavy atom. The minimum Gasteiger partial charge on any atom is -0.339 e. The Hall–Kier alpha value is -0.920. The number of aryl methyl sites for hydroxylation is 1. The summed E-state index contributed by atoms with van der Waals surface area (Å²) in [6.45, 7) is 5.11. The van der Waals surface area contributed by atoms with Gasteiger partial charge in [0.25, 0.3) is 0 Å². The number of hydrogen-bond donors (Lipinski definition) is 1. The van der Waals surface area contributed by atoms with Gasteiger partial charge in [-0.3, -0.25) is 0 Å². The van der Waals surface area contributed by atoms with Crippen molar-refractivity contribution in [2.45, 2.75) is 32.2 Å². The highest BCUT2D eigenvalue weighted by Gasteiger charge is 2.32. The second-order valence-corrected chi connectivity index (χ2v) is 7.03. The number of thioether (sulfide) groups is 1. The Morgan fingerprint density at radius 2 is 2.30 bits per heavy atom. The zero-order chi connectivity index (χ0) is 13.9. The molecule has 0 bridgehead atoms. The molecule has 2 aromatic rings. The first-order valence-corrected chi connectivity index (χ1v) is 8.84. The average molecular weight is 310 g/mol. The zero-order valence-electron chi connectivity index (χ0n) is 11.6. The lowest BCUT2D eigenvalue weighted by molar-refractivity contribution is 0.337. The van der Waals surface area contributed by atoms with Gasteiger partial charge in [0.05, 0.1) is 23.0 Å². The molecular weight excluding hydrogens is 292 g/mol. The van der Waals surface area contributed by atoms with Crippen LogP contribution in [0.25, 0.3) is 0 Å². The number of hydrogen-bond acceptors (Lipinski definition) is 7. The van der Waals surface area contributed by atoms with E-state index in [1.54, 1.807) is 11.3 Å². The van der Waals surface area contributed by atoms with Crippen LogP contribution in [0.1, 0.15) is 35.3 Å². The molecule has 1 fully saturated rings. The van der Waals surface area contributed by atoms with Crippen molar-refractivity contribution in [3.8, 4) is 0 Å². The summed E-state index contributed by atoms with van der Waals surface area (Å²) in [6, 6.07) is 0.444. The van der Waals surface area contributed by atoms with Crippen molar-refractivity contribution >= 4 is 23.1 Å². The van der Waals surface area contributed by atoms with Crippen LogP contribution in [-0.4, -0.2) is 39.2 Å². The normalized spacial score (nSPS) is 22.5. The van der Waals surface area contributed by atoms with Crippen molar-refractivity contribution in [2.75, 3.05) is 18.1 Å². The second kappa shape index (κ2) is 6.24. The number of aromatic nitrogens is 3. The number of nitrogens with zero attached hydrogens (tertiary/aromatic N) is 3. The first-order valence-electron chi connectivity index (χ1n) is 6.81. The molecule has 3 heterocycles. The Balaban J connectivity index is 1.70. The highest BCUT2D eigenvalue weighted by atomic mass is 32.2. The van der Waals surface area contributed by atoms with E-state index in [4.69, 9.17) is 4.52 Å². The minimum atomic E-state index is 0.332. The summed E-state index contributed by atoms with van der Waals surface area (Å²) in [5.41, 5.74) is 1.02. The van der Waals surface area contributed by atoms with E-state index in [1.807, 2.05) is 18.7 Å². The molecule has 0 saturated carbocycles. The zero-order valence-corrected chi connectivity index (χ0v) is 13.3. The molecule has 108 valence electrons. The lowest BCUT2D eigenvalue weighted by atomic mass is 10.0. The monoisotopic (exact) mass is 310 g/mol. The van der Waals surface area contributed by atoms with Crippen LogP contribution in [0.3, 0.4) is 0 Å². The second-order valence-electron chi connectivity index (χ2n) is 4.89. The van der Waals surface area contributed by atoms with Gasteiger partial charge in [-0.05, 0) is 13.5 Å². The van der Waals surface area contributed by atoms with Crippen LogP contribution >= 0.6 is 23.1 Å². The smallest absolute Gasteiger partial charge is 0.232 e. The third-order valence-corrected chi connectivity index (χ3v) is 5.37. The maximum absolute atomic E-state index is 5.47. The molecule has 0 radical (unpaired) electrons. The molecule has 3 rings (SSSR count). The van der Waals surface area contributed by atoms with E-state index < -0.39 is 0 Å². The molecule has 2 atom stereocenters. The molecule has 2 unspecified atom stereocenters. The summed E-state index contributed by atoms with van der Waals surface area (Å²) in [6.07, 6.45) is 0.652. The fraction of sp³-hybridized carbons (Fsp3) is 0.615. The van der Waals surface area contributed by atoms with Crippen molar-refractivity contribution < 1.29 is 4.52 Å². The van der Waals surface area contributed by atoms with Gasteiger partial charge in [0.1, 0.15) is 0 Å². The van der Waals surface area contributed by atoms with Gasteiger partial charge in [0.2, 0.25) is 5.89 Å².